The molecule has 1 N–H and O–H groups in total. The molecular formula is C21H30INO. The highest BCUT2D eigenvalue weighted by Crippen LogP contribution is 2.74. The van der Waals surface area contributed by atoms with Gasteiger partial charge in [-0.05, 0) is 81.4 Å². The number of amides is 1. The molecule has 132 valence electrons. The van der Waals surface area contributed by atoms with Crippen molar-refractivity contribution in [3.8, 4) is 0 Å². The van der Waals surface area contributed by atoms with Gasteiger partial charge in [0.25, 0.3) is 0 Å². The van der Waals surface area contributed by atoms with E-state index in [0.29, 0.717) is 23.2 Å². The van der Waals surface area contributed by atoms with Gasteiger partial charge in [-0.1, -0.05) is 39.8 Å². The molecule has 0 aromatic rings. The Kier molecular flexibility index (Phi) is 3.64. The summed E-state index contributed by atoms with van der Waals surface area (Å²) in [6.07, 6.45) is 12.6. The Labute approximate surface area is 160 Å². The van der Waals surface area contributed by atoms with Gasteiger partial charge in [-0.25, -0.2) is 0 Å². The molecule has 1 heterocycles. The number of halogens is 1. The topological polar surface area (TPSA) is 29.1 Å². The summed E-state index contributed by atoms with van der Waals surface area (Å²) in [5, 5.41) is 3.28. The largest absolute Gasteiger partial charge is 0.330 e. The minimum atomic E-state index is 0.112. The van der Waals surface area contributed by atoms with Crippen LogP contribution < -0.4 is 5.32 Å². The minimum Gasteiger partial charge on any atom is -0.330 e. The van der Waals surface area contributed by atoms with E-state index < -0.39 is 0 Å². The molecular weight excluding hydrogens is 409 g/mol. The smallest absolute Gasteiger partial charge is 0.224 e. The number of hydrogen-bond acceptors (Lipinski definition) is 1. The predicted octanol–water partition coefficient (Wildman–Crippen LogP) is 5.73. The highest BCUT2D eigenvalue weighted by Gasteiger charge is 2.66. The average molecular weight is 439 g/mol. The van der Waals surface area contributed by atoms with Crippen molar-refractivity contribution < 1.29 is 4.79 Å². The molecule has 0 bridgehead atoms. The number of allylic oxidation sites excluding steroid dienone is 4. The molecule has 0 aromatic heterocycles. The number of carbonyl (C=O) groups is 1. The monoisotopic (exact) mass is 439 g/mol. The summed E-state index contributed by atoms with van der Waals surface area (Å²) in [4.78, 5) is 12.1. The zero-order valence-electron chi connectivity index (χ0n) is 15.5. The van der Waals surface area contributed by atoms with Gasteiger partial charge in [0.05, 0.1) is 0 Å². The maximum absolute atomic E-state index is 12.1. The highest BCUT2D eigenvalue weighted by molar-refractivity contribution is 14.1. The molecule has 0 aromatic carbocycles. The first-order valence-electron chi connectivity index (χ1n) is 9.54. The number of carbonyl (C=O) groups excluding carboxylic acids is 1. The molecule has 2 nitrogen and oxygen atoms in total. The Morgan fingerprint density at radius 1 is 1.04 bits per heavy atom. The first kappa shape index (κ1) is 17.1. The Morgan fingerprint density at radius 2 is 1.79 bits per heavy atom. The number of rotatable bonds is 0. The molecule has 2 fully saturated rings. The van der Waals surface area contributed by atoms with E-state index in [1.807, 2.05) is 0 Å². The van der Waals surface area contributed by atoms with E-state index in [4.69, 9.17) is 0 Å². The standard InChI is InChI=1S/C21H30INO/c1-18-11-9-15(22)20(18,3)13-12-19(2)14(18)7-8-16-21(19,4)10-5-6-17(24)23-16/h8-9,14H,5-7,10-13H2,1-4H3,(H,23,24)/t14-,18-,19-,20+,21-/m0/s1. The van der Waals surface area contributed by atoms with Crippen LogP contribution in [0.4, 0.5) is 0 Å². The maximum Gasteiger partial charge on any atom is 0.224 e. The first-order chi connectivity index (χ1) is 11.2. The maximum atomic E-state index is 12.1. The Balaban J connectivity index is 1.82. The minimum absolute atomic E-state index is 0.112. The van der Waals surface area contributed by atoms with Crippen LogP contribution in [0.15, 0.2) is 21.4 Å². The van der Waals surface area contributed by atoms with Crippen LogP contribution in [0.5, 0.6) is 0 Å². The Bertz CT molecular complexity index is 667. The predicted molar refractivity (Wildman–Crippen MR) is 107 cm³/mol. The van der Waals surface area contributed by atoms with Gasteiger partial charge < -0.3 is 5.32 Å². The summed E-state index contributed by atoms with van der Waals surface area (Å²) in [6.45, 7) is 10.0. The van der Waals surface area contributed by atoms with Gasteiger partial charge in [-0.3, -0.25) is 4.79 Å². The third-order valence-corrected chi connectivity index (χ3v) is 10.6. The normalized spacial score (nSPS) is 50.7. The van der Waals surface area contributed by atoms with Gasteiger partial charge in [-0.15, -0.1) is 0 Å². The first-order valence-corrected chi connectivity index (χ1v) is 10.6. The van der Waals surface area contributed by atoms with Crippen molar-refractivity contribution in [3.05, 3.63) is 21.4 Å². The van der Waals surface area contributed by atoms with Crippen molar-refractivity contribution in [1.29, 1.82) is 0 Å². The fourth-order valence-electron chi connectivity index (χ4n) is 6.72. The highest BCUT2D eigenvalue weighted by atomic mass is 127. The third-order valence-electron chi connectivity index (χ3n) is 8.94. The fourth-order valence-corrected chi connectivity index (χ4v) is 7.82. The summed E-state index contributed by atoms with van der Waals surface area (Å²) in [6, 6.07) is 0. The molecule has 4 aliphatic rings. The molecule has 1 amide bonds. The second kappa shape index (κ2) is 5.11. The van der Waals surface area contributed by atoms with Crippen LogP contribution in [-0.4, -0.2) is 5.91 Å². The lowest BCUT2D eigenvalue weighted by Gasteiger charge is -2.66. The lowest BCUT2D eigenvalue weighted by atomic mass is 9.39. The molecule has 1 saturated heterocycles. The van der Waals surface area contributed by atoms with Crippen molar-refractivity contribution in [2.75, 3.05) is 0 Å². The van der Waals surface area contributed by atoms with Gasteiger partial charge in [0.1, 0.15) is 0 Å². The van der Waals surface area contributed by atoms with Gasteiger partial charge in [0, 0.05) is 22.9 Å². The van der Waals surface area contributed by atoms with Crippen molar-refractivity contribution in [2.24, 2.45) is 27.6 Å². The lowest BCUT2D eigenvalue weighted by Crippen LogP contribution is -2.60. The van der Waals surface area contributed by atoms with Crippen LogP contribution in [0.1, 0.15) is 72.6 Å². The number of hydrogen-bond donors (Lipinski definition) is 1. The van der Waals surface area contributed by atoms with E-state index in [-0.39, 0.29) is 16.7 Å². The molecule has 1 aliphatic heterocycles. The third kappa shape index (κ3) is 1.86. The van der Waals surface area contributed by atoms with Crippen molar-refractivity contribution in [1.82, 2.24) is 5.32 Å². The molecule has 1 saturated carbocycles. The van der Waals surface area contributed by atoms with E-state index in [9.17, 15) is 4.79 Å². The van der Waals surface area contributed by atoms with Crippen LogP contribution in [-0.2, 0) is 4.79 Å². The van der Waals surface area contributed by atoms with Crippen LogP contribution in [0, 0.1) is 27.6 Å². The molecule has 24 heavy (non-hydrogen) atoms. The summed E-state index contributed by atoms with van der Waals surface area (Å²) in [5.74, 6) is 0.909. The van der Waals surface area contributed by atoms with Crippen LogP contribution >= 0.6 is 22.6 Å². The van der Waals surface area contributed by atoms with Crippen molar-refractivity contribution >= 4 is 28.5 Å². The molecule has 0 unspecified atom stereocenters. The SMILES string of the molecule is C[C@]12CCCC(=O)NC1=CC[C@@H]1[C@]2(C)CC[C@]2(C)C(I)=CC[C@@]12C. The van der Waals surface area contributed by atoms with E-state index in [2.05, 4.69) is 67.8 Å². The molecule has 0 spiro atoms. The van der Waals surface area contributed by atoms with Gasteiger partial charge in [-0.2, -0.15) is 0 Å². The van der Waals surface area contributed by atoms with Gasteiger partial charge in [0.2, 0.25) is 5.91 Å². The van der Waals surface area contributed by atoms with E-state index in [0.717, 1.165) is 19.3 Å². The summed E-state index contributed by atoms with van der Waals surface area (Å²) in [5.41, 5.74) is 2.31. The summed E-state index contributed by atoms with van der Waals surface area (Å²) < 4.78 is 1.58. The van der Waals surface area contributed by atoms with Gasteiger partial charge >= 0.3 is 0 Å². The van der Waals surface area contributed by atoms with Crippen LogP contribution in [0.25, 0.3) is 0 Å². The molecule has 4 rings (SSSR count). The average Bonchev–Trinajstić information content (AvgIpc) is 2.67. The molecule has 3 heteroatoms. The van der Waals surface area contributed by atoms with Crippen molar-refractivity contribution in [2.45, 2.75) is 72.6 Å². The van der Waals surface area contributed by atoms with E-state index >= 15 is 0 Å². The lowest BCUT2D eigenvalue weighted by molar-refractivity contribution is -0.136. The zero-order chi connectivity index (χ0) is 17.4. The van der Waals surface area contributed by atoms with E-state index in [1.165, 1.54) is 25.0 Å². The molecule has 5 atom stereocenters. The zero-order valence-corrected chi connectivity index (χ0v) is 17.6. The number of fused-ring (bicyclic) bond motifs is 5. The van der Waals surface area contributed by atoms with Crippen LogP contribution in [0.3, 0.4) is 0 Å². The van der Waals surface area contributed by atoms with Crippen LogP contribution in [0.2, 0.25) is 0 Å². The Morgan fingerprint density at radius 3 is 2.54 bits per heavy atom. The van der Waals surface area contributed by atoms with Gasteiger partial charge in [0.15, 0.2) is 0 Å². The fraction of sp³-hybridized carbons (Fsp3) is 0.762. The van der Waals surface area contributed by atoms with Crippen molar-refractivity contribution in [3.63, 3.8) is 0 Å². The molecule has 0 radical (unpaired) electrons. The summed E-state index contributed by atoms with van der Waals surface area (Å²) >= 11 is 2.60. The van der Waals surface area contributed by atoms with E-state index in [1.54, 1.807) is 3.58 Å². The number of nitrogens with one attached hydrogen (secondary N) is 1. The summed E-state index contributed by atoms with van der Waals surface area (Å²) in [7, 11) is 0. The second-order valence-electron chi connectivity index (χ2n) is 9.56. The molecule has 3 aliphatic carbocycles. The quantitative estimate of drug-likeness (QED) is 0.480. The Hall–Kier alpha value is -0.320. The second-order valence-corrected chi connectivity index (χ2v) is 10.7.